The van der Waals surface area contributed by atoms with Crippen molar-refractivity contribution >= 4 is 11.9 Å². The number of rotatable bonds is 2. The van der Waals surface area contributed by atoms with Crippen LogP contribution in [0.3, 0.4) is 0 Å². The molecule has 0 aliphatic carbocycles. The molecule has 3 rings (SSSR count). The van der Waals surface area contributed by atoms with Gasteiger partial charge < -0.3 is 24.2 Å². The second kappa shape index (κ2) is 5.01. The lowest BCUT2D eigenvalue weighted by Gasteiger charge is -2.31. The van der Waals surface area contributed by atoms with E-state index >= 15 is 0 Å². The van der Waals surface area contributed by atoms with Crippen molar-refractivity contribution in [2.45, 2.75) is 6.10 Å². The van der Waals surface area contributed by atoms with Gasteiger partial charge in [-0.2, -0.15) is 0 Å². The SMILES string of the molecule is O=C(O)[C@H]1CN(C(=O)c2cccc3c2OCO3)CCO1. The second-order valence-electron chi connectivity index (χ2n) is 4.49. The van der Waals surface area contributed by atoms with Crippen LogP contribution in [0, 0.1) is 0 Å². The van der Waals surface area contributed by atoms with Crippen LogP contribution < -0.4 is 9.47 Å². The van der Waals surface area contributed by atoms with Crippen molar-refractivity contribution in [3.63, 3.8) is 0 Å². The maximum atomic E-state index is 12.5. The predicted octanol–water partition coefficient (Wildman–Crippen LogP) is 0.341. The predicted molar refractivity (Wildman–Crippen MR) is 65.8 cm³/mol. The lowest BCUT2D eigenvalue weighted by Crippen LogP contribution is -2.48. The third-order valence-corrected chi connectivity index (χ3v) is 3.26. The Balaban J connectivity index is 1.82. The first-order valence-electron chi connectivity index (χ1n) is 6.19. The molecular weight excluding hydrogens is 266 g/mol. The molecule has 1 aromatic rings. The van der Waals surface area contributed by atoms with Gasteiger partial charge in [0.25, 0.3) is 5.91 Å². The lowest BCUT2D eigenvalue weighted by atomic mass is 10.1. The van der Waals surface area contributed by atoms with Crippen LogP contribution in [-0.2, 0) is 9.53 Å². The van der Waals surface area contributed by atoms with Crippen molar-refractivity contribution in [1.29, 1.82) is 0 Å². The average Bonchev–Trinajstić information content (AvgIpc) is 2.95. The van der Waals surface area contributed by atoms with Crippen LogP contribution in [0.4, 0.5) is 0 Å². The van der Waals surface area contributed by atoms with Gasteiger partial charge in [-0.05, 0) is 12.1 Å². The third-order valence-electron chi connectivity index (χ3n) is 3.26. The Kier molecular flexibility index (Phi) is 3.19. The van der Waals surface area contributed by atoms with Gasteiger partial charge in [-0.1, -0.05) is 6.07 Å². The molecular formula is C13H13NO6. The Hall–Kier alpha value is -2.28. The Labute approximate surface area is 114 Å². The molecule has 1 fully saturated rings. The number of carbonyl (C=O) groups is 2. The Morgan fingerprint density at radius 1 is 1.30 bits per heavy atom. The molecule has 7 nitrogen and oxygen atoms in total. The Morgan fingerprint density at radius 3 is 2.95 bits per heavy atom. The van der Waals surface area contributed by atoms with Crippen molar-refractivity contribution in [3.8, 4) is 11.5 Å². The van der Waals surface area contributed by atoms with Crippen LogP contribution >= 0.6 is 0 Å². The summed E-state index contributed by atoms with van der Waals surface area (Å²) in [5.74, 6) is -0.406. The van der Waals surface area contributed by atoms with Gasteiger partial charge in [0.2, 0.25) is 6.79 Å². The number of nitrogens with zero attached hydrogens (tertiary/aromatic N) is 1. The molecule has 1 atom stereocenters. The topological polar surface area (TPSA) is 85.3 Å². The van der Waals surface area contributed by atoms with Gasteiger partial charge in [-0.3, -0.25) is 4.79 Å². The van der Waals surface area contributed by atoms with E-state index in [1.165, 1.54) is 4.90 Å². The Bertz CT molecular complexity index is 558. The normalized spacial score (nSPS) is 20.8. The number of para-hydroxylation sites is 1. The standard InChI is InChI=1S/C13H13NO6/c15-12(14-4-5-18-10(6-14)13(16)17)8-2-1-3-9-11(8)20-7-19-9/h1-3,10H,4-7H2,(H,16,17)/t10-/m1/s1. The zero-order chi connectivity index (χ0) is 14.1. The maximum absolute atomic E-state index is 12.5. The molecule has 0 saturated carbocycles. The lowest BCUT2D eigenvalue weighted by molar-refractivity contribution is -0.154. The minimum absolute atomic E-state index is 0.0265. The Morgan fingerprint density at radius 2 is 2.15 bits per heavy atom. The monoisotopic (exact) mass is 279 g/mol. The van der Waals surface area contributed by atoms with Crippen LogP contribution in [0.25, 0.3) is 0 Å². The number of amides is 1. The molecule has 1 N–H and O–H groups in total. The van der Waals surface area contributed by atoms with Gasteiger partial charge in [0, 0.05) is 6.54 Å². The first-order valence-corrected chi connectivity index (χ1v) is 6.19. The number of carboxylic acids is 1. The molecule has 1 saturated heterocycles. The second-order valence-corrected chi connectivity index (χ2v) is 4.49. The van der Waals surface area contributed by atoms with Gasteiger partial charge in [0.05, 0.1) is 18.7 Å². The summed E-state index contributed by atoms with van der Waals surface area (Å²) >= 11 is 0. The van der Waals surface area contributed by atoms with Crippen LogP contribution in [-0.4, -0.2) is 54.5 Å². The number of aliphatic carboxylic acids is 1. The number of ether oxygens (including phenoxy) is 3. The first kappa shape index (κ1) is 12.7. The van der Waals surface area contributed by atoms with Crippen LogP contribution in [0.15, 0.2) is 18.2 Å². The van der Waals surface area contributed by atoms with Gasteiger partial charge in [0.15, 0.2) is 17.6 Å². The van der Waals surface area contributed by atoms with Crippen molar-refractivity contribution < 1.29 is 28.9 Å². The van der Waals surface area contributed by atoms with Gasteiger partial charge in [-0.25, -0.2) is 4.79 Å². The van der Waals surface area contributed by atoms with Crippen LogP contribution in [0.5, 0.6) is 11.5 Å². The van der Waals surface area contributed by atoms with Crippen LogP contribution in [0.1, 0.15) is 10.4 Å². The molecule has 1 amide bonds. The summed E-state index contributed by atoms with van der Waals surface area (Å²) in [7, 11) is 0. The highest BCUT2D eigenvalue weighted by Gasteiger charge is 2.32. The first-order chi connectivity index (χ1) is 9.66. The number of carbonyl (C=O) groups excluding carboxylic acids is 1. The van der Waals surface area contributed by atoms with E-state index in [2.05, 4.69) is 0 Å². The number of hydrogen-bond acceptors (Lipinski definition) is 5. The summed E-state index contributed by atoms with van der Waals surface area (Å²) in [5.41, 5.74) is 0.381. The van der Waals surface area contributed by atoms with E-state index in [0.717, 1.165) is 0 Å². The summed E-state index contributed by atoms with van der Waals surface area (Å²) in [6.07, 6.45) is -0.985. The van der Waals surface area contributed by atoms with E-state index in [9.17, 15) is 9.59 Å². The molecule has 2 aliphatic heterocycles. The van der Waals surface area contributed by atoms with Crippen molar-refractivity contribution in [3.05, 3.63) is 23.8 Å². The zero-order valence-electron chi connectivity index (χ0n) is 10.6. The van der Waals surface area contributed by atoms with Crippen molar-refractivity contribution in [2.24, 2.45) is 0 Å². The quantitative estimate of drug-likeness (QED) is 0.840. The van der Waals surface area contributed by atoms with E-state index in [0.29, 0.717) is 23.6 Å². The van der Waals surface area contributed by atoms with E-state index in [1.54, 1.807) is 18.2 Å². The highest BCUT2D eigenvalue weighted by Crippen LogP contribution is 2.36. The summed E-state index contributed by atoms with van der Waals surface area (Å²) in [4.78, 5) is 24.9. The zero-order valence-corrected chi connectivity index (χ0v) is 10.6. The van der Waals surface area contributed by atoms with Crippen LogP contribution in [0.2, 0.25) is 0 Å². The van der Waals surface area contributed by atoms with Gasteiger partial charge >= 0.3 is 5.97 Å². The molecule has 106 valence electrons. The average molecular weight is 279 g/mol. The molecule has 0 bridgehead atoms. The number of hydrogen-bond donors (Lipinski definition) is 1. The summed E-state index contributed by atoms with van der Waals surface area (Å²) in [6.45, 7) is 0.668. The minimum atomic E-state index is -1.07. The van der Waals surface area contributed by atoms with Gasteiger partial charge in [-0.15, -0.1) is 0 Å². The third kappa shape index (κ3) is 2.16. The molecule has 0 aromatic heterocycles. The van der Waals surface area contributed by atoms with Crippen molar-refractivity contribution in [1.82, 2.24) is 4.90 Å². The smallest absolute Gasteiger partial charge is 0.334 e. The molecule has 0 spiro atoms. The number of benzene rings is 1. The fourth-order valence-electron chi connectivity index (χ4n) is 2.25. The molecule has 0 radical (unpaired) electrons. The fourth-order valence-corrected chi connectivity index (χ4v) is 2.25. The number of morpholine rings is 1. The highest BCUT2D eigenvalue weighted by molar-refractivity contribution is 5.98. The van der Waals surface area contributed by atoms with Gasteiger partial charge in [0.1, 0.15) is 0 Å². The minimum Gasteiger partial charge on any atom is -0.479 e. The number of fused-ring (bicyclic) bond motifs is 1. The molecule has 2 heterocycles. The molecule has 20 heavy (non-hydrogen) atoms. The summed E-state index contributed by atoms with van der Waals surface area (Å²) in [5, 5.41) is 8.96. The molecule has 2 aliphatic rings. The number of carboxylic acid groups (broad SMARTS) is 1. The maximum Gasteiger partial charge on any atom is 0.334 e. The summed E-state index contributed by atoms with van der Waals surface area (Å²) < 4.78 is 15.6. The van der Waals surface area contributed by atoms with Crippen molar-refractivity contribution in [2.75, 3.05) is 26.5 Å². The molecule has 7 heteroatoms. The van der Waals surface area contributed by atoms with E-state index in [4.69, 9.17) is 19.3 Å². The van der Waals surface area contributed by atoms with E-state index in [-0.39, 0.29) is 25.9 Å². The highest BCUT2D eigenvalue weighted by atomic mass is 16.7. The van der Waals surface area contributed by atoms with E-state index < -0.39 is 12.1 Å². The summed E-state index contributed by atoms with van der Waals surface area (Å²) in [6, 6.07) is 5.06. The molecule has 0 unspecified atom stereocenters. The fraction of sp³-hybridized carbons (Fsp3) is 0.385. The largest absolute Gasteiger partial charge is 0.479 e. The molecule has 1 aromatic carbocycles. The van der Waals surface area contributed by atoms with E-state index in [1.807, 2.05) is 0 Å².